The summed E-state index contributed by atoms with van der Waals surface area (Å²) in [5.74, 6) is 0.470. The van der Waals surface area contributed by atoms with Gasteiger partial charge in [0.1, 0.15) is 5.75 Å². The molecule has 0 aliphatic rings. The number of aromatic hydroxyl groups is 1. The van der Waals surface area contributed by atoms with Crippen LogP contribution < -0.4 is 0 Å². The van der Waals surface area contributed by atoms with Crippen LogP contribution in [0.1, 0.15) is 11.1 Å². The number of phenols is 1. The van der Waals surface area contributed by atoms with E-state index < -0.39 is 0 Å². The Labute approximate surface area is 108 Å². The van der Waals surface area contributed by atoms with Gasteiger partial charge in [0, 0.05) is 6.61 Å². The van der Waals surface area contributed by atoms with Crippen LogP contribution in [0.5, 0.6) is 5.75 Å². The molecule has 0 aromatic heterocycles. The fourth-order valence-corrected chi connectivity index (χ4v) is 2.17. The maximum Gasteiger partial charge on any atom is 0.115 e. The monoisotopic (exact) mass is 242 g/mol. The van der Waals surface area contributed by atoms with Gasteiger partial charge in [0.05, 0.1) is 0 Å². The van der Waals surface area contributed by atoms with Crippen molar-refractivity contribution in [3.8, 4) is 5.75 Å². The molecule has 2 aromatic carbocycles. The summed E-state index contributed by atoms with van der Waals surface area (Å²) in [6.07, 6.45) is 1.63. The maximum atomic E-state index is 9.46. The van der Waals surface area contributed by atoms with Gasteiger partial charge in [0.25, 0.3) is 0 Å². The molecule has 94 valence electrons. The van der Waals surface area contributed by atoms with Crippen LogP contribution in [-0.2, 0) is 12.8 Å². The fraction of sp³-hybridized carbons (Fsp3) is 0.250. The van der Waals surface area contributed by atoms with Gasteiger partial charge < -0.3 is 10.2 Å². The molecule has 1 unspecified atom stereocenters. The minimum atomic E-state index is 0.157. The van der Waals surface area contributed by atoms with Crippen molar-refractivity contribution in [1.29, 1.82) is 0 Å². The van der Waals surface area contributed by atoms with Crippen LogP contribution in [0.25, 0.3) is 0 Å². The average molecular weight is 242 g/mol. The first-order chi connectivity index (χ1) is 8.78. The first kappa shape index (κ1) is 12.7. The van der Waals surface area contributed by atoms with Crippen molar-refractivity contribution in [3.05, 3.63) is 65.7 Å². The normalized spacial score (nSPS) is 12.3. The molecule has 2 rings (SSSR count). The van der Waals surface area contributed by atoms with Gasteiger partial charge in [0.15, 0.2) is 0 Å². The summed E-state index contributed by atoms with van der Waals surface area (Å²) in [6.45, 7) is 0.157. The van der Waals surface area contributed by atoms with E-state index in [4.69, 9.17) is 0 Å². The number of aliphatic hydroxyl groups is 1. The molecule has 0 fully saturated rings. The third-order valence-corrected chi connectivity index (χ3v) is 3.06. The van der Waals surface area contributed by atoms with E-state index in [0.29, 0.717) is 0 Å². The second-order valence-corrected chi connectivity index (χ2v) is 4.61. The molecule has 0 heterocycles. The predicted molar refractivity (Wildman–Crippen MR) is 72.5 cm³/mol. The van der Waals surface area contributed by atoms with Crippen LogP contribution in [0.2, 0.25) is 0 Å². The molecular weight excluding hydrogens is 224 g/mol. The second-order valence-electron chi connectivity index (χ2n) is 4.61. The van der Waals surface area contributed by atoms with Crippen molar-refractivity contribution >= 4 is 0 Å². The lowest BCUT2D eigenvalue weighted by atomic mass is 9.93. The molecule has 2 nitrogen and oxygen atoms in total. The van der Waals surface area contributed by atoms with E-state index in [9.17, 15) is 10.2 Å². The smallest absolute Gasteiger partial charge is 0.115 e. The summed E-state index contributed by atoms with van der Waals surface area (Å²) in [5, 5.41) is 18.9. The van der Waals surface area contributed by atoms with Gasteiger partial charge in [-0.1, -0.05) is 42.5 Å². The third kappa shape index (κ3) is 3.60. The minimum absolute atomic E-state index is 0.157. The van der Waals surface area contributed by atoms with E-state index >= 15 is 0 Å². The predicted octanol–water partition coefficient (Wildman–Crippen LogP) is 2.79. The van der Waals surface area contributed by atoms with E-state index in [0.717, 1.165) is 18.4 Å². The van der Waals surface area contributed by atoms with Crippen molar-refractivity contribution in [2.24, 2.45) is 5.92 Å². The van der Waals surface area contributed by atoms with E-state index in [1.54, 1.807) is 12.1 Å². The van der Waals surface area contributed by atoms with Gasteiger partial charge >= 0.3 is 0 Å². The molecule has 0 bridgehead atoms. The lowest BCUT2D eigenvalue weighted by Crippen LogP contribution is -2.12. The van der Waals surface area contributed by atoms with Crippen molar-refractivity contribution < 1.29 is 10.2 Å². The largest absolute Gasteiger partial charge is 0.508 e. The molecular formula is C16H18O2. The third-order valence-electron chi connectivity index (χ3n) is 3.06. The van der Waals surface area contributed by atoms with Crippen LogP contribution >= 0.6 is 0 Å². The highest BCUT2D eigenvalue weighted by Crippen LogP contribution is 2.17. The van der Waals surface area contributed by atoms with E-state index in [1.165, 1.54) is 5.56 Å². The summed E-state index contributed by atoms with van der Waals surface area (Å²) in [5.41, 5.74) is 2.29. The summed E-state index contributed by atoms with van der Waals surface area (Å²) in [4.78, 5) is 0. The minimum Gasteiger partial charge on any atom is -0.508 e. The average Bonchev–Trinajstić information content (AvgIpc) is 2.39. The van der Waals surface area contributed by atoms with Gasteiger partial charge in [0.2, 0.25) is 0 Å². The number of hydrogen-bond acceptors (Lipinski definition) is 2. The molecule has 1 atom stereocenters. The molecule has 0 spiro atoms. The number of aliphatic hydroxyl groups excluding tert-OH is 1. The Hall–Kier alpha value is -1.80. The van der Waals surface area contributed by atoms with Crippen LogP contribution in [0.15, 0.2) is 54.6 Å². The molecule has 0 amide bonds. The number of hydrogen-bond donors (Lipinski definition) is 2. The van der Waals surface area contributed by atoms with Crippen LogP contribution in [0, 0.1) is 5.92 Å². The van der Waals surface area contributed by atoms with Gasteiger partial charge in [-0.2, -0.15) is 0 Å². The summed E-state index contributed by atoms with van der Waals surface area (Å²) in [6, 6.07) is 17.4. The lowest BCUT2D eigenvalue weighted by Gasteiger charge is -2.14. The molecule has 0 aliphatic heterocycles. The number of phenolic OH excluding ortho intramolecular Hbond substituents is 1. The zero-order valence-corrected chi connectivity index (χ0v) is 10.3. The zero-order valence-electron chi connectivity index (χ0n) is 10.3. The van der Waals surface area contributed by atoms with Crippen molar-refractivity contribution in [2.75, 3.05) is 6.61 Å². The standard InChI is InChI=1S/C16H18O2/c17-12-15(9-13-5-2-1-3-6-13)10-14-7-4-8-16(18)11-14/h1-8,11,15,17-18H,9-10,12H2. The molecule has 0 saturated heterocycles. The van der Waals surface area contributed by atoms with Gasteiger partial charge in [-0.05, 0) is 42.0 Å². The van der Waals surface area contributed by atoms with E-state index in [1.807, 2.05) is 30.3 Å². The highest BCUT2D eigenvalue weighted by Gasteiger charge is 2.10. The van der Waals surface area contributed by atoms with Gasteiger partial charge in [-0.25, -0.2) is 0 Å². The summed E-state index contributed by atoms with van der Waals surface area (Å²) >= 11 is 0. The Morgan fingerprint density at radius 1 is 0.833 bits per heavy atom. The molecule has 2 N–H and O–H groups in total. The quantitative estimate of drug-likeness (QED) is 0.846. The zero-order chi connectivity index (χ0) is 12.8. The van der Waals surface area contributed by atoms with Crippen LogP contribution in [-0.4, -0.2) is 16.8 Å². The molecule has 2 aromatic rings. The Bertz CT molecular complexity index is 479. The SMILES string of the molecule is OCC(Cc1ccccc1)Cc1cccc(O)c1. The maximum absolute atomic E-state index is 9.46. The first-order valence-electron chi connectivity index (χ1n) is 6.20. The summed E-state index contributed by atoms with van der Waals surface area (Å²) in [7, 11) is 0. The molecule has 0 radical (unpaired) electrons. The highest BCUT2D eigenvalue weighted by atomic mass is 16.3. The molecule has 0 saturated carbocycles. The van der Waals surface area contributed by atoms with Crippen LogP contribution in [0.3, 0.4) is 0 Å². The summed E-state index contributed by atoms with van der Waals surface area (Å²) < 4.78 is 0. The Morgan fingerprint density at radius 2 is 1.50 bits per heavy atom. The topological polar surface area (TPSA) is 40.5 Å². The van der Waals surface area contributed by atoms with E-state index in [2.05, 4.69) is 12.1 Å². The van der Waals surface area contributed by atoms with Gasteiger partial charge in [-0.3, -0.25) is 0 Å². The second kappa shape index (κ2) is 6.22. The highest BCUT2D eigenvalue weighted by molar-refractivity contribution is 5.27. The number of rotatable bonds is 5. The van der Waals surface area contributed by atoms with Crippen molar-refractivity contribution in [1.82, 2.24) is 0 Å². The first-order valence-corrected chi connectivity index (χ1v) is 6.20. The molecule has 0 aliphatic carbocycles. The Balaban J connectivity index is 2.01. The lowest BCUT2D eigenvalue weighted by molar-refractivity contribution is 0.225. The Kier molecular flexibility index (Phi) is 4.37. The Morgan fingerprint density at radius 3 is 2.17 bits per heavy atom. The van der Waals surface area contributed by atoms with Crippen LogP contribution in [0.4, 0.5) is 0 Å². The van der Waals surface area contributed by atoms with Crippen molar-refractivity contribution in [2.45, 2.75) is 12.8 Å². The number of benzene rings is 2. The molecule has 2 heteroatoms. The molecule has 18 heavy (non-hydrogen) atoms. The van der Waals surface area contributed by atoms with Crippen molar-refractivity contribution in [3.63, 3.8) is 0 Å². The van der Waals surface area contributed by atoms with Gasteiger partial charge in [-0.15, -0.1) is 0 Å². The van der Waals surface area contributed by atoms with E-state index in [-0.39, 0.29) is 18.3 Å². The fourth-order valence-electron chi connectivity index (χ4n) is 2.17.